The summed E-state index contributed by atoms with van der Waals surface area (Å²) in [6, 6.07) is 17.4. The average Bonchev–Trinajstić information content (AvgIpc) is 3.38. The van der Waals surface area contributed by atoms with Gasteiger partial charge in [0.05, 0.1) is 22.4 Å². The molecular formula is C63H110N11O6P. The summed E-state index contributed by atoms with van der Waals surface area (Å²) in [7, 11) is 0. The maximum absolute atomic E-state index is 11.9. The van der Waals surface area contributed by atoms with Crippen LogP contribution in [-0.2, 0) is 14.2 Å². The fourth-order valence-corrected chi connectivity index (χ4v) is 10.7. The van der Waals surface area contributed by atoms with Crippen molar-refractivity contribution in [3.63, 3.8) is 0 Å². The number of aryl methyl sites for hydroxylation is 2. The predicted octanol–water partition coefficient (Wildman–Crippen LogP) is 13.7. The molecule has 17 nitrogen and oxygen atoms in total. The Morgan fingerprint density at radius 3 is 1.14 bits per heavy atom. The molecule has 8 rings (SSSR count). The lowest BCUT2D eigenvalue weighted by Crippen LogP contribution is -2.41. The molecule has 81 heavy (non-hydrogen) atoms. The molecule has 4 aliphatic rings. The van der Waals surface area contributed by atoms with E-state index in [1.165, 1.54) is 32.1 Å². The summed E-state index contributed by atoms with van der Waals surface area (Å²) < 4.78 is 15.8. The van der Waals surface area contributed by atoms with Crippen LogP contribution in [0.25, 0.3) is 21.8 Å². The van der Waals surface area contributed by atoms with E-state index in [0.29, 0.717) is 35.8 Å². The molecule has 0 aliphatic heterocycles. The van der Waals surface area contributed by atoms with E-state index in [1.54, 1.807) is 0 Å². The topological polar surface area (TPSA) is 243 Å². The molecule has 3 amide bonds. The van der Waals surface area contributed by atoms with Crippen molar-refractivity contribution in [2.75, 3.05) is 30.3 Å². The number of nitrogens with zero attached hydrogens (tertiary/aromatic N) is 4. The fraction of sp³-hybridized carbons (Fsp3) is 0.698. The zero-order chi connectivity index (χ0) is 57.8. The van der Waals surface area contributed by atoms with E-state index in [2.05, 4.69) is 59.5 Å². The normalized spacial score (nSPS) is 22.8. The molecule has 2 aromatic heterocycles. The van der Waals surface area contributed by atoms with Gasteiger partial charge >= 0.3 is 18.3 Å². The predicted molar refractivity (Wildman–Crippen MR) is 340 cm³/mol. The highest BCUT2D eigenvalue weighted by Crippen LogP contribution is 2.29. The van der Waals surface area contributed by atoms with Gasteiger partial charge in [-0.2, -0.15) is 9.90 Å². The molecule has 1 atom stereocenters. The minimum atomic E-state index is -0.455. The van der Waals surface area contributed by atoms with Gasteiger partial charge in [-0.1, -0.05) is 57.2 Å². The first-order valence-corrected chi connectivity index (χ1v) is 29.7. The maximum Gasteiger partial charge on any atom is 0.407 e. The second-order valence-electron chi connectivity index (χ2n) is 25.6. The number of rotatable bonds is 11. The van der Waals surface area contributed by atoms with Gasteiger partial charge in [0.1, 0.15) is 16.8 Å². The van der Waals surface area contributed by atoms with Crippen molar-refractivity contribution in [2.24, 2.45) is 35.1 Å². The van der Waals surface area contributed by atoms with Gasteiger partial charge in [0, 0.05) is 49.5 Å². The highest BCUT2D eigenvalue weighted by atomic mass is 31.0. The third-order valence-corrected chi connectivity index (χ3v) is 15.2. The first-order valence-electron chi connectivity index (χ1n) is 29.7. The summed E-state index contributed by atoms with van der Waals surface area (Å²) in [5.41, 5.74) is 14.3. The Morgan fingerprint density at radius 2 is 0.815 bits per heavy atom. The highest BCUT2D eigenvalue weighted by molar-refractivity contribution is 6.92. The smallest absolute Gasteiger partial charge is 0.407 e. The fourth-order valence-electron chi connectivity index (χ4n) is 10.7. The lowest BCUT2D eigenvalue weighted by atomic mass is 9.85. The minimum Gasteiger partial charge on any atom is -0.444 e. The van der Waals surface area contributed by atoms with E-state index >= 15 is 0 Å². The molecule has 0 bridgehead atoms. The van der Waals surface area contributed by atoms with Crippen LogP contribution >= 0.6 is 9.90 Å². The van der Waals surface area contributed by atoms with E-state index < -0.39 is 16.8 Å². The summed E-state index contributed by atoms with van der Waals surface area (Å²) in [5, 5.41) is 17.9. The zero-order valence-electron chi connectivity index (χ0n) is 51.0. The van der Waals surface area contributed by atoms with Crippen LogP contribution in [0.2, 0.25) is 0 Å². The number of alkyl carbamates (subject to hydrolysis) is 3. The van der Waals surface area contributed by atoms with Gasteiger partial charge in [0.25, 0.3) is 0 Å². The molecular weight excluding hydrogens is 1040 g/mol. The molecule has 1 unspecified atom stereocenters. The molecule has 2 heterocycles. The van der Waals surface area contributed by atoms with E-state index in [1.807, 2.05) is 119 Å². The van der Waals surface area contributed by atoms with Crippen LogP contribution in [-0.4, -0.2) is 98.8 Å². The SMILES string of the molecule is C.CC(C)(C)OC(=O)NC1CCC(CN)CC1.CCC1CCC(NC(=O)OC(C)(C)C)CC1.Cc1nc(NCC2CCC(N)CC2)nc2ccccc12.Cc1nc(NCC2CCC(NC(=O)OC(C)(C)C)CC2)nc2ccccc12.P.[3HH]. The monoisotopic (exact) mass is 1150 g/mol. The van der Waals surface area contributed by atoms with Crippen molar-refractivity contribution >= 4 is 61.9 Å². The number of nitrogens with two attached hydrogens (primary N) is 2. The van der Waals surface area contributed by atoms with Crippen molar-refractivity contribution in [3.8, 4) is 0 Å². The molecule has 458 valence electrons. The van der Waals surface area contributed by atoms with Crippen LogP contribution in [0, 0.1) is 37.5 Å². The van der Waals surface area contributed by atoms with E-state index in [4.69, 9.17) is 25.7 Å². The Labute approximate surface area is 491 Å². The Balaban J connectivity index is 0.000000378. The lowest BCUT2D eigenvalue weighted by Gasteiger charge is -2.30. The number of hydrogen-bond acceptors (Lipinski definition) is 14. The molecule has 0 spiro atoms. The molecule has 4 aliphatic carbocycles. The molecule has 9 N–H and O–H groups in total. The Bertz CT molecular complexity index is 2440. The average molecular weight is 1150 g/mol. The second kappa shape index (κ2) is 33.9. The number of aromatic nitrogens is 4. The van der Waals surface area contributed by atoms with Gasteiger partial charge in [0.2, 0.25) is 11.9 Å². The maximum atomic E-state index is 11.9. The van der Waals surface area contributed by atoms with Crippen molar-refractivity contribution in [1.82, 2.24) is 35.9 Å². The number of nitrogens with one attached hydrogen (secondary N) is 5. The first-order chi connectivity index (χ1) is 37.3. The Kier molecular flexibility index (Phi) is 29.3. The number of carbonyl (C=O) groups is 3. The molecule has 4 saturated carbocycles. The minimum absolute atomic E-state index is 0. The van der Waals surface area contributed by atoms with Gasteiger partial charge in [-0.05, 0) is 221 Å². The van der Waals surface area contributed by atoms with Gasteiger partial charge in [-0.25, -0.2) is 34.3 Å². The summed E-state index contributed by atoms with van der Waals surface area (Å²) in [6.45, 7) is 25.8. The van der Waals surface area contributed by atoms with Crippen LogP contribution in [0.15, 0.2) is 48.5 Å². The number of carbonyl (C=O) groups excluding carboxylic acids is 3. The largest absolute Gasteiger partial charge is 0.444 e. The zero-order valence-corrected chi connectivity index (χ0v) is 52.4. The summed E-state index contributed by atoms with van der Waals surface area (Å²) in [5.74, 6) is 4.20. The van der Waals surface area contributed by atoms with E-state index in [-0.39, 0.29) is 49.1 Å². The summed E-state index contributed by atoms with van der Waals surface area (Å²) in [6.07, 6.45) is 18.1. The van der Waals surface area contributed by atoms with Crippen LogP contribution in [0.5, 0.6) is 0 Å². The van der Waals surface area contributed by atoms with E-state index in [0.717, 1.165) is 142 Å². The van der Waals surface area contributed by atoms with Crippen molar-refractivity contribution < 1.29 is 30.0 Å². The van der Waals surface area contributed by atoms with Crippen LogP contribution < -0.4 is 38.1 Å². The van der Waals surface area contributed by atoms with E-state index in [9.17, 15) is 14.4 Å². The quantitative estimate of drug-likeness (QED) is 0.0546. The third-order valence-electron chi connectivity index (χ3n) is 15.2. The molecule has 0 saturated heterocycles. The van der Waals surface area contributed by atoms with Gasteiger partial charge < -0.3 is 52.3 Å². The van der Waals surface area contributed by atoms with Crippen molar-refractivity contribution in [2.45, 2.75) is 241 Å². The molecule has 0 radical (unpaired) electrons. The number of amides is 3. The molecule has 2 aromatic carbocycles. The van der Waals surface area contributed by atoms with Gasteiger partial charge in [-0.3, -0.25) is 0 Å². The van der Waals surface area contributed by atoms with Crippen LogP contribution in [0.1, 0.15) is 199 Å². The molecule has 4 fully saturated rings. The standard InChI is InChI=1S/C21H30N4O2.C16H22N4.C13H25NO2.C12H24N2O2.CH4.H3P.H2/c1-14-17-7-5-6-8-18(17)25-19(23-14)22-13-15-9-11-16(12-10-15)24-20(26)27-21(2,3)4;1-11-14-4-2-3-5-15(14)20-16(19-11)18-10-12-6-8-13(17)9-7-12;1-5-10-6-8-11(9-7-10)14-12(15)16-13(2,3)4;1-12(2,3)16-11(15)14-10-6-4-9(8-13)5-7-10;;;/h5-8,15-16H,9-13H2,1-4H3,(H,24,26)(H,22,23,25);2-5,12-13H,6-10,17H2,1H3,(H,18,19,20);10-11H,5-9H2,1-4H3,(H,14,15);9-10H,4-8,13H2,1-3H3,(H,14,15);1H4;1H3;1H/i;;;;;;1+2. The highest BCUT2D eigenvalue weighted by Gasteiger charge is 2.27. The molecule has 4 aromatic rings. The number of para-hydroxylation sites is 2. The number of hydrogen-bond donors (Lipinski definition) is 7. The second-order valence-corrected chi connectivity index (χ2v) is 25.6. The Morgan fingerprint density at radius 1 is 0.506 bits per heavy atom. The van der Waals surface area contributed by atoms with Gasteiger partial charge in [0.15, 0.2) is 0 Å². The molecule has 18 heteroatoms. The Hall–Kier alpha value is -5.12. The van der Waals surface area contributed by atoms with Crippen molar-refractivity contribution in [3.05, 3.63) is 59.9 Å². The van der Waals surface area contributed by atoms with Crippen molar-refractivity contribution in [1.29, 1.82) is 0 Å². The third kappa shape index (κ3) is 26.8. The summed E-state index contributed by atoms with van der Waals surface area (Å²) >= 11 is 0. The van der Waals surface area contributed by atoms with Crippen LogP contribution in [0.3, 0.4) is 0 Å². The number of anilines is 2. The first kappa shape index (κ1) is 70.1. The number of benzene rings is 2. The number of ether oxygens (including phenoxy) is 3. The van der Waals surface area contributed by atoms with Gasteiger partial charge in [-0.15, -0.1) is 0 Å². The number of fused-ring (bicyclic) bond motifs is 2. The lowest BCUT2D eigenvalue weighted by molar-refractivity contribution is 0.0475. The van der Waals surface area contributed by atoms with Crippen LogP contribution in [0.4, 0.5) is 26.3 Å². The summed E-state index contributed by atoms with van der Waals surface area (Å²) in [4.78, 5) is 53.3.